The average Bonchev–Trinajstić information content (AvgIpc) is 2.87. The summed E-state index contributed by atoms with van der Waals surface area (Å²) in [5, 5.41) is 3.34. The first kappa shape index (κ1) is 31.2. The maximum Gasteiger partial charge on any atom is 0.264 e. The molecule has 214 valence electrons. The third-order valence-corrected chi connectivity index (χ3v) is 8.77. The fourth-order valence-electron chi connectivity index (χ4n) is 4.17. The number of amides is 2. The maximum atomic E-state index is 14.1. The number of nitrogens with zero attached hydrogens (tertiary/aromatic N) is 2. The molecule has 3 aromatic rings. The summed E-state index contributed by atoms with van der Waals surface area (Å²) in [5.74, 6) is -0.830. The van der Waals surface area contributed by atoms with Crippen molar-refractivity contribution in [3.05, 3.63) is 94.0 Å². The number of aryl methyl sites for hydroxylation is 3. The number of hydrogen-bond acceptors (Lipinski definition) is 4. The lowest BCUT2D eigenvalue weighted by molar-refractivity contribution is -0.140. The molecular weight excluding hydrogens is 546 g/mol. The van der Waals surface area contributed by atoms with E-state index in [9.17, 15) is 18.0 Å². The molecule has 40 heavy (non-hydrogen) atoms. The summed E-state index contributed by atoms with van der Waals surface area (Å²) in [6.07, 6.45) is 0. The summed E-state index contributed by atoms with van der Waals surface area (Å²) in [6, 6.07) is 17.8. The monoisotopic (exact) mass is 583 g/mol. The number of sulfonamides is 1. The van der Waals surface area contributed by atoms with Gasteiger partial charge < -0.3 is 10.2 Å². The lowest BCUT2D eigenvalue weighted by Crippen LogP contribution is -2.54. The van der Waals surface area contributed by atoms with Crippen molar-refractivity contribution in [3.63, 3.8) is 0 Å². The standard InChI is InChI=1S/C31H38ClN3O4S/c1-21-12-15-27(18-23(21)3)35(40(38,39)28-16-13-26(32)14-17-28)20-29(36)34(19-25-11-9-8-10-22(25)2)24(4)30(37)33-31(5,6)7/h8-18,24H,19-20H2,1-7H3,(H,33,37)/t24-/m0/s1. The molecule has 3 rings (SSSR count). The Kier molecular flexibility index (Phi) is 9.69. The van der Waals surface area contributed by atoms with Crippen molar-refractivity contribution >= 4 is 39.1 Å². The van der Waals surface area contributed by atoms with E-state index in [0.29, 0.717) is 10.7 Å². The highest BCUT2D eigenvalue weighted by Gasteiger charge is 2.33. The minimum Gasteiger partial charge on any atom is -0.350 e. The largest absolute Gasteiger partial charge is 0.350 e. The summed E-state index contributed by atoms with van der Waals surface area (Å²) in [4.78, 5) is 28.7. The number of halogens is 1. The van der Waals surface area contributed by atoms with Gasteiger partial charge in [-0.1, -0.05) is 41.9 Å². The second-order valence-corrected chi connectivity index (χ2v) is 13.4. The van der Waals surface area contributed by atoms with E-state index < -0.39 is 34.1 Å². The van der Waals surface area contributed by atoms with Crippen LogP contribution < -0.4 is 9.62 Å². The molecule has 9 heteroatoms. The van der Waals surface area contributed by atoms with Crippen molar-refractivity contribution in [1.29, 1.82) is 0 Å². The molecule has 0 unspecified atom stereocenters. The number of hydrogen-bond donors (Lipinski definition) is 1. The van der Waals surface area contributed by atoms with E-state index in [0.717, 1.165) is 26.6 Å². The highest BCUT2D eigenvalue weighted by atomic mass is 35.5. The first-order chi connectivity index (χ1) is 18.6. The molecule has 0 saturated heterocycles. The molecule has 0 heterocycles. The molecule has 0 bridgehead atoms. The minimum absolute atomic E-state index is 0.00639. The molecule has 0 aliphatic rings. The Bertz CT molecular complexity index is 1480. The minimum atomic E-state index is -4.16. The van der Waals surface area contributed by atoms with Gasteiger partial charge in [-0.25, -0.2) is 8.42 Å². The molecule has 3 aromatic carbocycles. The Hall–Kier alpha value is -3.36. The van der Waals surface area contributed by atoms with Gasteiger partial charge in [-0.3, -0.25) is 13.9 Å². The summed E-state index contributed by atoms with van der Waals surface area (Å²) < 4.78 is 29.0. The van der Waals surface area contributed by atoms with Gasteiger partial charge in [0.1, 0.15) is 12.6 Å². The number of rotatable bonds is 9. The Balaban J connectivity index is 2.08. The van der Waals surface area contributed by atoms with Gasteiger partial charge in [-0.05, 0) is 107 Å². The molecule has 0 aliphatic heterocycles. The third kappa shape index (κ3) is 7.64. The molecule has 0 saturated carbocycles. The van der Waals surface area contributed by atoms with Crippen LogP contribution in [-0.2, 0) is 26.2 Å². The van der Waals surface area contributed by atoms with Crippen LogP contribution >= 0.6 is 11.6 Å². The zero-order valence-electron chi connectivity index (χ0n) is 24.2. The predicted molar refractivity (Wildman–Crippen MR) is 161 cm³/mol. The lowest BCUT2D eigenvalue weighted by Gasteiger charge is -2.34. The summed E-state index contributed by atoms with van der Waals surface area (Å²) in [7, 11) is -4.16. The molecule has 0 spiro atoms. The van der Waals surface area contributed by atoms with Gasteiger partial charge in [-0.2, -0.15) is 0 Å². The SMILES string of the molecule is Cc1ccc(N(CC(=O)N(Cc2ccccc2C)[C@@H](C)C(=O)NC(C)(C)C)S(=O)(=O)c2ccc(Cl)cc2)cc1C. The number of carbonyl (C=O) groups is 2. The quantitative estimate of drug-likeness (QED) is 0.345. The van der Waals surface area contributed by atoms with Gasteiger partial charge in [0.05, 0.1) is 10.6 Å². The van der Waals surface area contributed by atoms with Crippen LogP contribution in [0.15, 0.2) is 71.6 Å². The van der Waals surface area contributed by atoms with Crippen molar-refractivity contribution in [1.82, 2.24) is 10.2 Å². The van der Waals surface area contributed by atoms with Crippen LogP contribution in [0.5, 0.6) is 0 Å². The number of carbonyl (C=O) groups excluding carboxylic acids is 2. The van der Waals surface area contributed by atoms with Gasteiger partial charge >= 0.3 is 0 Å². The van der Waals surface area contributed by atoms with Crippen LogP contribution in [0.4, 0.5) is 5.69 Å². The van der Waals surface area contributed by atoms with E-state index >= 15 is 0 Å². The van der Waals surface area contributed by atoms with E-state index in [1.54, 1.807) is 19.1 Å². The zero-order valence-corrected chi connectivity index (χ0v) is 25.7. The second-order valence-electron chi connectivity index (χ2n) is 11.1. The van der Waals surface area contributed by atoms with Crippen molar-refractivity contribution in [3.8, 4) is 0 Å². The second kappa shape index (κ2) is 12.4. The first-order valence-electron chi connectivity index (χ1n) is 13.1. The molecular formula is C31H38ClN3O4S. The van der Waals surface area contributed by atoms with Crippen molar-refractivity contribution in [2.24, 2.45) is 0 Å². The van der Waals surface area contributed by atoms with Crippen LogP contribution in [-0.4, -0.2) is 43.3 Å². The van der Waals surface area contributed by atoms with Gasteiger partial charge in [0.25, 0.3) is 10.0 Å². The van der Waals surface area contributed by atoms with Crippen LogP contribution in [0, 0.1) is 20.8 Å². The topological polar surface area (TPSA) is 86.8 Å². The van der Waals surface area contributed by atoms with Crippen LogP contribution in [0.25, 0.3) is 0 Å². The number of benzene rings is 3. The van der Waals surface area contributed by atoms with Crippen molar-refractivity contribution < 1.29 is 18.0 Å². The molecule has 0 radical (unpaired) electrons. The molecule has 0 fully saturated rings. The van der Waals surface area contributed by atoms with Crippen molar-refractivity contribution in [2.75, 3.05) is 10.8 Å². The Morgan fingerprint density at radius 2 is 1.52 bits per heavy atom. The van der Waals surface area contributed by atoms with E-state index in [-0.39, 0.29) is 17.3 Å². The number of anilines is 1. The van der Waals surface area contributed by atoms with Crippen LogP contribution in [0.2, 0.25) is 5.02 Å². The number of nitrogens with one attached hydrogen (secondary N) is 1. The molecule has 1 atom stereocenters. The maximum absolute atomic E-state index is 14.1. The molecule has 0 aliphatic carbocycles. The fourth-order valence-corrected chi connectivity index (χ4v) is 5.70. The van der Waals surface area contributed by atoms with Gasteiger partial charge in [0, 0.05) is 17.1 Å². The van der Waals surface area contributed by atoms with Gasteiger partial charge in [0.15, 0.2) is 0 Å². The third-order valence-electron chi connectivity index (χ3n) is 6.73. The van der Waals surface area contributed by atoms with E-state index in [1.165, 1.54) is 29.2 Å². The first-order valence-corrected chi connectivity index (χ1v) is 14.9. The molecule has 0 aromatic heterocycles. The molecule has 2 amide bonds. The molecule has 7 nitrogen and oxygen atoms in total. The predicted octanol–water partition coefficient (Wildman–Crippen LogP) is 5.79. The van der Waals surface area contributed by atoms with Crippen LogP contribution in [0.3, 0.4) is 0 Å². The Labute approximate surface area is 243 Å². The zero-order chi connectivity index (χ0) is 29.8. The normalized spacial score (nSPS) is 12.5. The van der Waals surface area contributed by atoms with Gasteiger partial charge in [-0.15, -0.1) is 0 Å². The van der Waals surface area contributed by atoms with Crippen molar-refractivity contribution in [2.45, 2.75) is 71.5 Å². The Morgan fingerprint density at radius 3 is 2.10 bits per heavy atom. The summed E-state index contributed by atoms with van der Waals surface area (Å²) in [5.41, 5.74) is 3.55. The highest BCUT2D eigenvalue weighted by molar-refractivity contribution is 7.92. The average molecular weight is 584 g/mol. The summed E-state index contributed by atoms with van der Waals surface area (Å²) in [6.45, 7) is 12.7. The van der Waals surface area contributed by atoms with E-state index in [2.05, 4.69) is 5.32 Å². The Morgan fingerprint density at radius 1 is 0.900 bits per heavy atom. The fraction of sp³-hybridized carbons (Fsp3) is 0.355. The lowest BCUT2D eigenvalue weighted by atomic mass is 10.1. The van der Waals surface area contributed by atoms with E-state index in [4.69, 9.17) is 11.6 Å². The van der Waals surface area contributed by atoms with Gasteiger partial charge in [0.2, 0.25) is 11.8 Å². The summed E-state index contributed by atoms with van der Waals surface area (Å²) >= 11 is 6.02. The highest BCUT2D eigenvalue weighted by Crippen LogP contribution is 2.27. The smallest absolute Gasteiger partial charge is 0.264 e. The van der Waals surface area contributed by atoms with Crippen LogP contribution in [0.1, 0.15) is 49.9 Å². The molecule has 1 N–H and O–H groups in total. The van der Waals surface area contributed by atoms with E-state index in [1.807, 2.05) is 71.9 Å².